The maximum absolute atomic E-state index is 12.2. The number of ether oxygens (including phenoxy) is 2. The summed E-state index contributed by atoms with van der Waals surface area (Å²) in [6, 6.07) is 9.45. The fourth-order valence-corrected chi connectivity index (χ4v) is 3.28. The summed E-state index contributed by atoms with van der Waals surface area (Å²) in [6.07, 6.45) is -0.613. The van der Waals surface area contributed by atoms with Crippen molar-refractivity contribution in [2.24, 2.45) is 0 Å². The zero-order valence-electron chi connectivity index (χ0n) is 14.5. The molecule has 25 heavy (non-hydrogen) atoms. The molecule has 0 saturated heterocycles. The molecule has 7 heteroatoms. The summed E-state index contributed by atoms with van der Waals surface area (Å²) in [5, 5.41) is 2.65. The second-order valence-electron chi connectivity index (χ2n) is 6.21. The van der Waals surface area contributed by atoms with Crippen molar-refractivity contribution >= 4 is 45.0 Å². The predicted molar refractivity (Wildman–Crippen MR) is 103 cm³/mol. The van der Waals surface area contributed by atoms with Gasteiger partial charge in [0, 0.05) is 9.35 Å². The molecule has 1 amide bonds. The summed E-state index contributed by atoms with van der Waals surface area (Å²) in [5.74, 6) is -0.470. The second-order valence-corrected chi connectivity index (χ2v) is 8.18. The van der Waals surface area contributed by atoms with E-state index < -0.39 is 17.7 Å². The van der Waals surface area contributed by atoms with Gasteiger partial charge in [0.25, 0.3) is 0 Å². The van der Waals surface area contributed by atoms with Gasteiger partial charge in [0.2, 0.25) is 0 Å². The maximum Gasteiger partial charge on any atom is 0.412 e. The first-order chi connectivity index (χ1) is 11.7. The molecule has 0 atom stereocenters. The Bertz CT molecular complexity index is 762. The lowest BCUT2D eigenvalue weighted by Crippen LogP contribution is -2.27. The van der Waals surface area contributed by atoms with Crippen LogP contribution in [0.1, 0.15) is 37.4 Å². The molecular weight excluding hydrogens is 406 g/mol. The highest BCUT2D eigenvalue weighted by Crippen LogP contribution is 2.36. The van der Waals surface area contributed by atoms with E-state index in [4.69, 9.17) is 9.47 Å². The summed E-state index contributed by atoms with van der Waals surface area (Å²) in [5.41, 5.74) is 0.699. The minimum atomic E-state index is -0.626. The first-order valence-corrected chi connectivity index (χ1v) is 9.37. The van der Waals surface area contributed by atoms with Crippen LogP contribution >= 0.6 is 27.3 Å². The molecule has 0 radical (unpaired) electrons. The van der Waals surface area contributed by atoms with Crippen LogP contribution < -0.4 is 5.32 Å². The normalized spacial score (nSPS) is 11.1. The molecule has 0 fully saturated rings. The van der Waals surface area contributed by atoms with Crippen molar-refractivity contribution in [3.05, 3.63) is 39.7 Å². The Morgan fingerprint density at radius 3 is 2.40 bits per heavy atom. The van der Waals surface area contributed by atoms with Crippen molar-refractivity contribution in [1.82, 2.24) is 0 Å². The standard InChI is InChI=1S/C18H20BrNO4S/c1-5-23-16(21)15-13(20-17(22)24-18(2,3)4)10-14(25-15)11-6-8-12(19)9-7-11/h6-10H,5H2,1-4H3,(H,20,22). The van der Waals surface area contributed by atoms with Crippen LogP contribution in [-0.4, -0.2) is 24.3 Å². The molecule has 1 aromatic heterocycles. The summed E-state index contributed by atoms with van der Waals surface area (Å²) in [7, 11) is 0. The average Bonchev–Trinajstić information content (AvgIpc) is 2.90. The Morgan fingerprint density at radius 2 is 1.84 bits per heavy atom. The van der Waals surface area contributed by atoms with Gasteiger partial charge in [0.1, 0.15) is 10.5 Å². The molecular formula is C18H20BrNO4S. The van der Waals surface area contributed by atoms with Gasteiger partial charge in [-0.2, -0.15) is 0 Å². The number of hydrogen-bond acceptors (Lipinski definition) is 5. The molecule has 5 nitrogen and oxygen atoms in total. The number of halogens is 1. The van der Waals surface area contributed by atoms with Gasteiger partial charge in [-0.05, 0) is 51.5 Å². The Kier molecular flexibility index (Phi) is 6.24. The molecule has 0 spiro atoms. The van der Waals surface area contributed by atoms with Gasteiger partial charge in [-0.15, -0.1) is 11.3 Å². The summed E-state index contributed by atoms with van der Waals surface area (Å²) in [4.78, 5) is 25.5. The third-order valence-electron chi connectivity index (χ3n) is 2.96. The van der Waals surface area contributed by atoms with Crippen molar-refractivity contribution in [2.45, 2.75) is 33.3 Å². The van der Waals surface area contributed by atoms with Crippen molar-refractivity contribution in [3.8, 4) is 10.4 Å². The van der Waals surface area contributed by atoms with E-state index >= 15 is 0 Å². The van der Waals surface area contributed by atoms with E-state index in [-0.39, 0.29) is 6.61 Å². The molecule has 0 aliphatic rings. The number of rotatable bonds is 4. The number of amides is 1. The maximum atomic E-state index is 12.2. The third-order valence-corrected chi connectivity index (χ3v) is 4.65. The van der Waals surface area contributed by atoms with E-state index in [9.17, 15) is 9.59 Å². The van der Waals surface area contributed by atoms with E-state index in [0.29, 0.717) is 10.6 Å². The van der Waals surface area contributed by atoms with Gasteiger partial charge >= 0.3 is 12.1 Å². The van der Waals surface area contributed by atoms with Crippen molar-refractivity contribution < 1.29 is 19.1 Å². The number of hydrogen-bond donors (Lipinski definition) is 1. The van der Waals surface area contributed by atoms with E-state index in [2.05, 4.69) is 21.2 Å². The minimum absolute atomic E-state index is 0.260. The number of nitrogens with one attached hydrogen (secondary N) is 1. The third kappa shape index (κ3) is 5.57. The lowest BCUT2D eigenvalue weighted by molar-refractivity contribution is 0.0533. The van der Waals surface area contributed by atoms with Gasteiger partial charge in [-0.1, -0.05) is 28.1 Å². The monoisotopic (exact) mass is 425 g/mol. The van der Waals surface area contributed by atoms with Gasteiger partial charge in [0.05, 0.1) is 12.3 Å². The molecule has 0 saturated carbocycles. The number of benzene rings is 1. The van der Waals surface area contributed by atoms with Crippen LogP contribution in [0, 0.1) is 0 Å². The quantitative estimate of drug-likeness (QED) is 0.637. The predicted octanol–water partition coefficient (Wildman–Crippen LogP) is 5.70. The molecule has 0 bridgehead atoms. The van der Waals surface area contributed by atoms with Crippen LogP contribution in [0.25, 0.3) is 10.4 Å². The van der Waals surface area contributed by atoms with Crippen LogP contribution in [-0.2, 0) is 9.47 Å². The van der Waals surface area contributed by atoms with Crippen LogP contribution in [0.15, 0.2) is 34.8 Å². The van der Waals surface area contributed by atoms with Crippen molar-refractivity contribution in [1.29, 1.82) is 0 Å². The second kappa shape index (κ2) is 8.01. The smallest absolute Gasteiger partial charge is 0.412 e. The highest BCUT2D eigenvalue weighted by molar-refractivity contribution is 9.10. The van der Waals surface area contributed by atoms with Crippen LogP contribution in [0.4, 0.5) is 10.5 Å². The number of esters is 1. The van der Waals surface area contributed by atoms with Gasteiger partial charge < -0.3 is 9.47 Å². The highest BCUT2D eigenvalue weighted by atomic mass is 79.9. The minimum Gasteiger partial charge on any atom is -0.462 e. The number of anilines is 1. The summed E-state index contributed by atoms with van der Waals surface area (Å²) in [6.45, 7) is 7.33. The van der Waals surface area contributed by atoms with Gasteiger partial charge in [-0.3, -0.25) is 5.32 Å². The highest BCUT2D eigenvalue weighted by Gasteiger charge is 2.22. The van der Waals surface area contributed by atoms with E-state index in [0.717, 1.165) is 14.9 Å². The van der Waals surface area contributed by atoms with Gasteiger partial charge in [0.15, 0.2) is 0 Å². The Balaban J connectivity index is 2.34. The van der Waals surface area contributed by atoms with Crippen molar-refractivity contribution in [2.75, 3.05) is 11.9 Å². The fraction of sp³-hybridized carbons (Fsp3) is 0.333. The summed E-state index contributed by atoms with van der Waals surface area (Å²) >= 11 is 4.66. The zero-order valence-corrected chi connectivity index (χ0v) is 16.9. The average molecular weight is 426 g/mol. The molecule has 2 aromatic rings. The lowest BCUT2D eigenvalue weighted by atomic mass is 10.2. The molecule has 0 unspecified atom stereocenters. The molecule has 134 valence electrons. The SMILES string of the molecule is CCOC(=O)c1sc(-c2ccc(Br)cc2)cc1NC(=O)OC(C)(C)C. The zero-order chi connectivity index (χ0) is 18.6. The Morgan fingerprint density at radius 1 is 1.20 bits per heavy atom. The fourth-order valence-electron chi connectivity index (χ4n) is 2.00. The Hall–Kier alpha value is -1.86. The first-order valence-electron chi connectivity index (χ1n) is 7.76. The van der Waals surface area contributed by atoms with Crippen molar-refractivity contribution in [3.63, 3.8) is 0 Å². The molecule has 1 heterocycles. The topological polar surface area (TPSA) is 64.6 Å². The molecule has 2 rings (SSSR count). The van der Waals surface area contributed by atoms with E-state index in [1.807, 2.05) is 24.3 Å². The van der Waals surface area contributed by atoms with Crippen LogP contribution in [0.3, 0.4) is 0 Å². The largest absolute Gasteiger partial charge is 0.462 e. The Labute approximate surface area is 159 Å². The number of thiophene rings is 1. The van der Waals surface area contributed by atoms with E-state index in [1.54, 1.807) is 33.8 Å². The molecule has 1 N–H and O–H groups in total. The first kappa shape index (κ1) is 19.5. The van der Waals surface area contributed by atoms with Crippen LogP contribution in [0.2, 0.25) is 0 Å². The lowest BCUT2D eigenvalue weighted by Gasteiger charge is -2.19. The molecule has 0 aliphatic heterocycles. The molecule has 0 aliphatic carbocycles. The number of carbonyl (C=O) groups excluding carboxylic acids is 2. The van der Waals surface area contributed by atoms with E-state index in [1.165, 1.54) is 11.3 Å². The van der Waals surface area contributed by atoms with Crippen LogP contribution in [0.5, 0.6) is 0 Å². The molecule has 1 aromatic carbocycles. The number of carbonyl (C=O) groups is 2. The van der Waals surface area contributed by atoms with Gasteiger partial charge in [-0.25, -0.2) is 9.59 Å². The summed E-state index contributed by atoms with van der Waals surface area (Å²) < 4.78 is 11.3.